The highest BCUT2D eigenvalue weighted by atomic mass is 127. The lowest BCUT2D eigenvalue weighted by atomic mass is 10.2. The Labute approximate surface area is 129 Å². The van der Waals surface area contributed by atoms with Gasteiger partial charge in [-0.2, -0.15) is 0 Å². The van der Waals surface area contributed by atoms with Crippen LogP contribution in [0.1, 0.15) is 16.1 Å². The van der Waals surface area contributed by atoms with Gasteiger partial charge in [-0.1, -0.05) is 11.6 Å². The van der Waals surface area contributed by atoms with Gasteiger partial charge in [0.05, 0.1) is 16.4 Å². The molecule has 0 radical (unpaired) electrons. The van der Waals surface area contributed by atoms with Crippen LogP contribution in [0.3, 0.4) is 0 Å². The second-order valence-electron chi connectivity index (χ2n) is 3.82. The van der Waals surface area contributed by atoms with Crippen molar-refractivity contribution in [1.29, 1.82) is 0 Å². The van der Waals surface area contributed by atoms with Gasteiger partial charge in [0.2, 0.25) is 0 Å². The zero-order chi connectivity index (χ0) is 13.8. The maximum atomic E-state index is 12.1. The SMILES string of the molecule is NCc1cc(C(=O)Nc2ccc(I)cc2Cl)ccn1. The summed E-state index contributed by atoms with van der Waals surface area (Å²) in [6, 6.07) is 8.73. The molecule has 6 heteroatoms. The molecule has 0 unspecified atom stereocenters. The molecule has 2 aromatic rings. The number of amides is 1. The molecule has 1 heterocycles. The highest BCUT2D eigenvalue weighted by molar-refractivity contribution is 14.1. The number of pyridine rings is 1. The molecule has 4 nitrogen and oxygen atoms in total. The summed E-state index contributed by atoms with van der Waals surface area (Å²) in [5.41, 5.74) is 7.25. The number of halogens is 2. The highest BCUT2D eigenvalue weighted by Gasteiger charge is 2.09. The number of benzene rings is 1. The first kappa shape index (κ1) is 14.2. The molecule has 1 amide bonds. The number of nitrogens with zero attached hydrogens (tertiary/aromatic N) is 1. The topological polar surface area (TPSA) is 68.0 Å². The standard InChI is InChI=1S/C13H11ClIN3O/c14-11-6-9(15)1-2-12(11)18-13(19)8-3-4-17-10(5-8)7-16/h1-6H,7,16H2,(H,18,19). The van der Waals surface area contributed by atoms with Crippen LogP contribution >= 0.6 is 34.2 Å². The van der Waals surface area contributed by atoms with Gasteiger partial charge in [-0.15, -0.1) is 0 Å². The molecule has 0 aliphatic rings. The van der Waals surface area contributed by atoms with E-state index in [1.54, 1.807) is 30.5 Å². The van der Waals surface area contributed by atoms with Crippen molar-refractivity contribution in [3.05, 3.63) is 56.4 Å². The van der Waals surface area contributed by atoms with Gasteiger partial charge in [0.15, 0.2) is 0 Å². The minimum absolute atomic E-state index is 0.236. The first-order valence-corrected chi connectivity index (χ1v) is 6.97. The summed E-state index contributed by atoms with van der Waals surface area (Å²) in [5, 5.41) is 3.27. The number of hydrogen-bond acceptors (Lipinski definition) is 3. The van der Waals surface area contributed by atoms with Gasteiger partial charge in [-0.25, -0.2) is 0 Å². The summed E-state index contributed by atoms with van der Waals surface area (Å²) < 4.78 is 1.01. The van der Waals surface area contributed by atoms with Crippen molar-refractivity contribution in [1.82, 2.24) is 4.98 Å². The molecule has 19 heavy (non-hydrogen) atoms. The molecule has 0 aliphatic carbocycles. The minimum atomic E-state index is -0.236. The lowest BCUT2D eigenvalue weighted by Gasteiger charge is -2.08. The number of anilines is 1. The van der Waals surface area contributed by atoms with Crippen LogP contribution in [-0.2, 0) is 6.54 Å². The minimum Gasteiger partial charge on any atom is -0.325 e. The van der Waals surface area contributed by atoms with Crippen molar-refractivity contribution in [3.8, 4) is 0 Å². The average molecular weight is 388 g/mol. The largest absolute Gasteiger partial charge is 0.325 e. The monoisotopic (exact) mass is 387 g/mol. The van der Waals surface area contributed by atoms with E-state index in [0.29, 0.717) is 28.5 Å². The molecule has 0 fully saturated rings. The van der Waals surface area contributed by atoms with Gasteiger partial charge in [-0.3, -0.25) is 9.78 Å². The van der Waals surface area contributed by atoms with Crippen molar-refractivity contribution < 1.29 is 4.79 Å². The van der Waals surface area contributed by atoms with E-state index >= 15 is 0 Å². The van der Waals surface area contributed by atoms with Crippen LogP contribution in [0.25, 0.3) is 0 Å². The van der Waals surface area contributed by atoms with Crippen molar-refractivity contribution in [2.75, 3.05) is 5.32 Å². The average Bonchev–Trinajstić information content (AvgIpc) is 2.42. The molecule has 0 spiro atoms. The Morgan fingerprint density at radius 1 is 1.37 bits per heavy atom. The third-order valence-corrected chi connectivity index (χ3v) is 3.45. The van der Waals surface area contributed by atoms with Crippen molar-refractivity contribution in [3.63, 3.8) is 0 Å². The number of carbonyl (C=O) groups excluding carboxylic acids is 1. The molecule has 2 rings (SSSR count). The Hall–Kier alpha value is -1.18. The summed E-state index contributed by atoms with van der Waals surface area (Å²) in [5.74, 6) is -0.236. The Bertz CT molecular complexity index is 619. The molecule has 98 valence electrons. The Morgan fingerprint density at radius 2 is 2.16 bits per heavy atom. The van der Waals surface area contributed by atoms with E-state index in [4.69, 9.17) is 17.3 Å². The van der Waals surface area contributed by atoms with E-state index in [2.05, 4.69) is 32.9 Å². The Kier molecular flexibility index (Phi) is 4.73. The molecular weight excluding hydrogens is 377 g/mol. The van der Waals surface area contributed by atoms with Gasteiger partial charge in [0.1, 0.15) is 0 Å². The predicted octanol–water partition coefficient (Wildman–Crippen LogP) is 3.05. The smallest absolute Gasteiger partial charge is 0.255 e. The normalized spacial score (nSPS) is 10.3. The van der Waals surface area contributed by atoms with E-state index in [1.165, 1.54) is 0 Å². The van der Waals surface area contributed by atoms with E-state index < -0.39 is 0 Å². The number of rotatable bonds is 3. The second-order valence-corrected chi connectivity index (χ2v) is 5.47. The molecule has 3 N–H and O–H groups in total. The summed E-state index contributed by atoms with van der Waals surface area (Å²) in [6.07, 6.45) is 1.56. The third kappa shape index (κ3) is 3.65. The molecular formula is C13H11ClIN3O. The lowest BCUT2D eigenvalue weighted by Crippen LogP contribution is -2.13. The molecule has 0 atom stereocenters. The van der Waals surface area contributed by atoms with Crippen LogP contribution in [0.5, 0.6) is 0 Å². The molecule has 1 aromatic heterocycles. The lowest BCUT2D eigenvalue weighted by molar-refractivity contribution is 0.102. The third-order valence-electron chi connectivity index (χ3n) is 2.47. The van der Waals surface area contributed by atoms with Crippen LogP contribution in [-0.4, -0.2) is 10.9 Å². The van der Waals surface area contributed by atoms with Crippen molar-refractivity contribution in [2.45, 2.75) is 6.54 Å². The van der Waals surface area contributed by atoms with Crippen LogP contribution in [0.4, 0.5) is 5.69 Å². The summed E-state index contributed by atoms with van der Waals surface area (Å²) in [6.45, 7) is 0.297. The fourth-order valence-corrected chi connectivity index (χ4v) is 2.42. The number of carbonyl (C=O) groups is 1. The van der Waals surface area contributed by atoms with Gasteiger partial charge < -0.3 is 11.1 Å². The highest BCUT2D eigenvalue weighted by Crippen LogP contribution is 2.24. The maximum Gasteiger partial charge on any atom is 0.255 e. The van der Waals surface area contributed by atoms with Gasteiger partial charge in [-0.05, 0) is 52.9 Å². The Balaban J connectivity index is 2.20. The van der Waals surface area contributed by atoms with E-state index in [9.17, 15) is 4.79 Å². The number of aromatic nitrogens is 1. The van der Waals surface area contributed by atoms with Crippen LogP contribution in [0.2, 0.25) is 5.02 Å². The first-order chi connectivity index (χ1) is 9.10. The van der Waals surface area contributed by atoms with E-state index in [0.717, 1.165) is 3.57 Å². The van der Waals surface area contributed by atoms with Crippen molar-refractivity contribution in [2.24, 2.45) is 5.73 Å². The number of nitrogens with two attached hydrogens (primary N) is 1. The number of hydrogen-bond donors (Lipinski definition) is 2. The summed E-state index contributed by atoms with van der Waals surface area (Å²) >= 11 is 8.23. The fraction of sp³-hybridized carbons (Fsp3) is 0.0769. The molecule has 0 bridgehead atoms. The van der Waals surface area contributed by atoms with Gasteiger partial charge >= 0.3 is 0 Å². The van der Waals surface area contributed by atoms with Crippen molar-refractivity contribution >= 4 is 45.8 Å². The quantitative estimate of drug-likeness (QED) is 0.796. The zero-order valence-electron chi connectivity index (χ0n) is 9.86. The summed E-state index contributed by atoms with van der Waals surface area (Å²) in [4.78, 5) is 16.1. The fourth-order valence-electron chi connectivity index (χ4n) is 1.52. The molecule has 0 aliphatic heterocycles. The predicted molar refractivity (Wildman–Crippen MR) is 84.3 cm³/mol. The van der Waals surface area contributed by atoms with E-state index in [-0.39, 0.29) is 5.91 Å². The molecule has 0 saturated heterocycles. The first-order valence-electron chi connectivity index (χ1n) is 5.51. The zero-order valence-corrected chi connectivity index (χ0v) is 12.8. The van der Waals surface area contributed by atoms with E-state index in [1.807, 2.05) is 6.07 Å². The molecule has 0 saturated carbocycles. The maximum absolute atomic E-state index is 12.1. The van der Waals surface area contributed by atoms with Crippen LogP contribution < -0.4 is 11.1 Å². The van der Waals surface area contributed by atoms with Crippen LogP contribution in [0, 0.1) is 3.57 Å². The van der Waals surface area contributed by atoms with Crippen LogP contribution in [0.15, 0.2) is 36.5 Å². The second kappa shape index (κ2) is 6.31. The molecule has 1 aromatic carbocycles. The number of nitrogens with one attached hydrogen (secondary N) is 1. The van der Waals surface area contributed by atoms with Gasteiger partial charge in [0, 0.05) is 21.9 Å². The Morgan fingerprint density at radius 3 is 2.84 bits per heavy atom. The van der Waals surface area contributed by atoms with Gasteiger partial charge in [0.25, 0.3) is 5.91 Å². The summed E-state index contributed by atoms with van der Waals surface area (Å²) in [7, 11) is 0.